The third kappa shape index (κ3) is 5.00. The zero-order chi connectivity index (χ0) is 15.5. The Labute approximate surface area is 128 Å². The first-order valence-electron chi connectivity index (χ1n) is 6.72. The van der Waals surface area contributed by atoms with E-state index in [0.29, 0.717) is 5.92 Å². The van der Waals surface area contributed by atoms with Gasteiger partial charge in [-0.05, 0) is 39.2 Å². The predicted octanol–water partition coefficient (Wildman–Crippen LogP) is 3.17. The van der Waals surface area contributed by atoms with Crippen LogP contribution in [0.15, 0.2) is 11.4 Å². The highest BCUT2D eigenvalue weighted by atomic mass is 32.2. The molecular weight excluding hydrogens is 290 g/mol. The molecular formula is C14H25N3OS2. The van der Waals surface area contributed by atoms with Gasteiger partial charge in [0.25, 0.3) is 0 Å². The van der Waals surface area contributed by atoms with Gasteiger partial charge < -0.3 is 5.73 Å². The number of nitrogens with one attached hydrogen (secondary N) is 2. The lowest BCUT2D eigenvalue weighted by Gasteiger charge is -2.24. The lowest BCUT2D eigenvalue weighted by atomic mass is 10.0. The molecule has 1 aromatic rings. The van der Waals surface area contributed by atoms with Gasteiger partial charge in [-0.1, -0.05) is 13.8 Å². The minimum atomic E-state index is -1.11. The number of nitrogen functional groups attached to an aromatic ring is 1. The molecule has 114 valence electrons. The van der Waals surface area contributed by atoms with Gasteiger partial charge in [0.05, 0.1) is 21.8 Å². The number of amidine groups is 1. The van der Waals surface area contributed by atoms with Crippen LogP contribution >= 0.6 is 11.3 Å². The van der Waals surface area contributed by atoms with Crippen molar-refractivity contribution in [2.75, 3.05) is 0 Å². The summed E-state index contributed by atoms with van der Waals surface area (Å²) >= 11 is 1.56. The molecule has 4 N–H and O–H groups in total. The molecule has 0 aliphatic rings. The Balaban J connectivity index is 2.93. The molecule has 1 aromatic heterocycles. The third-order valence-electron chi connectivity index (χ3n) is 2.79. The van der Waals surface area contributed by atoms with E-state index in [4.69, 9.17) is 11.1 Å². The molecule has 0 unspecified atom stereocenters. The van der Waals surface area contributed by atoms with Crippen LogP contribution in [0.1, 0.15) is 57.5 Å². The molecule has 1 rings (SSSR count). The SMILES string of the molecule is CC(C)C[C@@H](N[S@@](=O)C(C)(C)C)c1cc(C(=N)N)cs1. The molecule has 0 spiro atoms. The molecule has 0 saturated heterocycles. The molecule has 1 heterocycles. The summed E-state index contributed by atoms with van der Waals surface area (Å²) in [5.41, 5.74) is 6.25. The Hall–Kier alpha value is -0.720. The van der Waals surface area contributed by atoms with Crippen molar-refractivity contribution in [3.8, 4) is 0 Å². The monoisotopic (exact) mass is 315 g/mol. The maximum absolute atomic E-state index is 12.3. The maximum atomic E-state index is 12.3. The number of thiophene rings is 1. The summed E-state index contributed by atoms with van der Waals surface area (Å²) in [6.07, 6.45) is 0.902. The van der Waals surface area contributed by atoms with E-state index in [0.717, 1.165) is 16.9 Å². The second-order valence-electron chi connectivity index (χ2n) is 6.33. The van der Waals surface area contributed by atoms with Crippen LogP contribution in [-0.2, 0) is 11.0 Å². The van der Waals surface area contributed by atoms with E-state index in [9.17, 15) is 4.21 Å². The zero-order valence-corrected chi connectivity index (χ0v) is 14.5. The van der Waals surface area contributed by atoms with Gasteiger partial charge in [-0.15, -0.1) is 11.3 Å². The molecule has 0 bridgehead atoms. The van der Waals surface area contributed by atoms with Gasteiger partial charge in [0, 0.05) is 15.8 Å². The average Bonchev–Trinajstić information content (AvgIpc) is 2.75. The molecule has 0 aromatic carbocycles. The van der Waals surface area contributed by atoms with E-state index in [1.807, 2.05) is 32.2 Å². The van der Waals surface area contributed by atoms with Gasteiger partial charge in [-0.3, -0.25) is 5.41 Å². The lowest BCUT2D eigenvalue weighted by Crippen LogP contribution is -2.36. The van der Waals surface area contributed by atoms with Gasteiger partial charge in [0.1, 0.15) is 5.84 Å². The predicted molar refractivity (Wildman–Crippen MR) is 88.6 cm³/mol. The number of nitrogens with two attached hydrogens (primary N) is 1. The number of hydrogen-bond acceptors (Lipinski definition) is 3. The van der Waals surface area contributed by atoms with E-state index in [2.05, 4.69) is 18.6 Å². The molecule has 0 aliphatic carbocycles. The smallest absolute Gasteiger partial charge is 0.123 e. The van der Waals surface area contributed by atoms with E-state index < -0.39 is 11.0 Å². The molecule has 0 aliphatic heterocycles. The highest BCUT2D eigenvalue weighted by Crippen LogP contribution is 2.28. The Kier molecular flexibility index (Phi) is 5.91. The minimum absolute atomic E-state index is 0.0353. The van der Waals surface area contributed by atoms with Crippen molar-refractivity contribution in [1.82, 2.24) is 4.72 Å². The largest absolute Gasteiger partial charge is 0.384 e. The molecule has 0 saturated carbocycles. The Bertz CT molecular complexity index is 489. The Morgan fingerprint density at radius 1 is 1.50 bits per heavy atom. The van der Waals surface area contributed by atoms with E-state index in [-0.39, 0.29) is 16.6 Å². The summed E-state index contributed by atoms with van der Waals surface area (Å²) < 4.78 is 15.2. The molecule has 4 nitrogen and oxygen atoms in total. The highest BCUT2D eigenvalue weighted by Gasteiger charge is 2.25. The molecule has 6 heteroatoms. The Morgan fingerprint density at radius 2 is 2.10 bits per heavy atom. The normalized spacial score (nSPS) is 15.3. The van der Waals surface area contributed by atoms with Crippen molar-refractivity contribution >= 4 is 28.2 Å². The quantitative estimate of drug-likeness (QED) is 0.557. The van der Waals surface area contributed by atoms with E-state index >= 15 is 0 Å². The van der Waals surface area contributed by atoms with E-state index in [1.54, 1.807) is 11.3 Å². The van der Waals surface area contributed by atoms with Crippen molar-refractivity contribution < 1.29 is 4.21 Å². The van der Waals surface area contributed by atoms with Crippen molar-refractivity contribution in [3.05, 3.63) is 21.9 Å². The fraction of sp³-hybridized carbons (Fsp3) is 0.643. The summed E-state index contributed by atoms with van der Waals surface area (Å²) in [5.74, 6) is 0.570. The highest BCUT2D eigenvalue weighted by molar-refractivity contribution is 7.84. The van der Waals surface area contributed by atoms with Crippen LogP contribution in [0.25, 0.3) is 0 Å². The molecule has 0 fully saturated rings. The zero-order valence-electron chi connectivity index (χ0n) is 12.8. The average molecular weight is 316 g/mol. The third-order valence-corrected chi connectivity index (χ3v) is 5.44. The minimum Gasteiger partial charge on any atom is -0.384 e. The molecule has 20 heavy (non-hydrogen) atoms. The molecule has 0 amide bonds. The molecule has 2 atom stereocenters. The van der Waals surface area contributed by atoms with Crippen molar-refractivity contribution in [2.45, 2.75) is 51.8 Å². The first kappa shape index (κ1) is 17.3. The van der Waals surface area contributed by atoms with Crippen LogP contribution in [0.2, 0.25) is 0 Å². The van der Waals surface area contributed by atoms with Crippen molar-refractivity contribution in [2.24, 2.45) is 11.7 Å². The van der Waals surface area contributed by atoms with Gasteiger partial charge in [0.2, 0.25) is 0 Å². The first-order chi connectivity index (χ1) is 9.11. The van der Waals surface area contributed by atoms with Crippen LogP contribution in [-0.4, -0.2) is 14.8 Å². The fourth-order valence-corrected chi connectivity index (χ4v) is 3.56. The fourth-order valence-electron chi connectivity index (χ4n) is 1.68. The summed E-state index contributed by atoms with van der Waals surface area (Å²) in [6.45, 7) is 10.2. The summed E-state index contributed by atoms with van der Waals surface area (Å²) in [6, 6.07) is 1.96. The second kappa shape index (κ2) is 6.83. The Morgan fingerprint density at radius 3 is 2.50 bits per heavy atom. The summed E-state index contributed by atoms with van der Waals surface area (Å²) in [4.78, 5) is 1.08. The summed E-state index contributed by atoms with van der Waals surface area (Å²) in [7, 11) is -1.11. The van der Waals surface area contributed by atoms with Crippen LogP contribution in [0.3, 0.4) is 0 Å². The van der Waals surface area contributed by atoms with Gasteiger partial charge in [-0.2, -0.15) is 0 Å². The van der Waals surface area contributed by atoms with Crippen molar-refractivity contribution in [3.63, 3.8) is 0 Å². The first-order valence-corrected chi connectivity index (χ1v) is 8.75. The molecule has 0 radical (unpaired) electrons. The number of rotatable bonds is 6. The van der Waals surface area contributed by atoms with Crippen molar-refractivity contribution in [1.29, 1.82) is 5.41 Å². The topological polar surface area (TPSA) is 79.0 Å². The van der Waals surface area contributed by atoms with Gasteiger partial charge in [0.15, 0.2) is 0 Å². The van der Waals surface area contributed by atoms with Crippen LogP contribution in [0.4, 0.5) is 0 Å². The van der Waals surface area contributed by atoms with E-state index in [1.165, 1.54) is 0 Å². The van der Waals surface area contributed by atoms with Gasteiger partial charge >= 0.3 is 0 Å². The van der Waals surface area contributed by atoms with Crippen LogP contribution < -0.4 is 10.5 Å². The lowest BCUT2D eigenvalue weighted by molar-refractivity contribution is 0.485. The maximum Gasteiger partial charge on any atom is 0.123 e. The standard InChI is InChI=1S/C14H25N3OS2/c1-9(2)6-11(17-20(18)14(3,4)5)12-7-10(8-19-12)13(15)16/h7-9,11,17H,6H2,1-5H3,(H3,15,16)/t11-,20+/m1/s1. The van der Waals surface area contributed by atoms with Gasteiger partial charge in [-0.25, -0.2) is 8.93 Å². The van der Waals surface area contributed by atoms with Crippen LogP contribution in [0, 0.1) is 11.3 Å². The van der Waals surface area contributed by atoms with Crippen LogP contribution in [0.5, 0.6) is 0 Å². The second-order valence-corrected chi connectivity index (χ2v) is 9.27. The number of hydrogen-bond donors (Lipinski definition) is 3. The summed E-state index contributed by atoms with van der Waals surface area (Å²) in [5, 5.41) is 9.36.